The fourth-order valence-corrected chi connectivity index (χ4v) is 3.92. The molecule has 0 unspecified atom stereocenters. The lowest BCUT2D eigenvalue weighted by molar-refractivity contribution is -0.128. The van der Waals surface area contributed by atoms with E-state index in [4.69, 9.17) is 12.2 Å². The van der Waals surface area contributed by atoms with Crippen LogP contribution in [0.1, 0.15) is 17.0 Å². The van der Waals surface area contributed by atoms with Crippen molar-refractivity contribution in [2.24, 2.45) is 0 Å². The second kappa shape index (κ2) is 7.62. The average Bonchev–Trinajstić information content (AvgIpc) is 2.85. The van der Waals surface area contributed by atoms with E-state index in [9.17, 15) is 9.59 Å². The second-order valence-corrected chi connectivity index (χ2v) is 7.27. The molecule has 7 heteroatoms. The third-order valence-corrected chi connectivity index (χ3v) is 5.74. The topological polar surface area (TPSA) is 54.3 Å². The molecule has 1 aliphatic heterocycles. The molecule has 1 aromatic heterocycles. The van der Waals surface area contributed by atoms with Gasteiger partial charge in [-0.2, -0.15) is 0 Å². The van der Waals surface area contributed by atoms with Crippen molar-refractivity contribution in [3.8, 4) is 5.69 Å². The standard InChI is InChI=1S/C20H18BrN3O2S/c1-4-10-23-19(26)16(18(25)22-20(23)27)11-15-12(2)24(13(3)17(15)21)14-8-6-5-7-9-14/h4-9,11H,1,10H2,2-3H3,(H,22,25,27)/b16-11+. The highest BCUT2D eigenvalue weighted by molar-refractivity contribution is 9.10. The van der Waals surface area contributed by atoms with Crippen LogP contribution in [0.25, 0.3) is 11.8 Å². The van der Waals surface area contributed by atoms with Crippen LogP contribution in [0.5, 0.6) is 0 Å². The maximum absolute atomic E-state index is 12.8. The van der Waals surface area contributed by atoms with E-state index < -0.39 is 11.8 Å². The van der Waals surface area contributed by atoms with Crippen LogP contribution in [0, 0.1) is 13.8 Å². The van der Waals surface area contributed by atoms with Gasteiger partial charge in [0.15, 0.2) is 5.11 Å². The Morgan fingerprint density at radius 1 is 1.19 bits per heavy atom. The average molecular weight is 444 g/mol. The van der Waals surface area contributed by atoms with Crippen molar-refractivity contribution in [2.45, 2.75) is 13.8 Å². The molecule has 138 valence electrons. The summed E-state index contributed by atoms with van der Waals surface area (Å²) in [6.07, 6.45) is 3.18. The van der Waals surface area contributed by atoms with Crippen LogP contribution in [-0.4, -0.2) is 32.9 Å². The van der Waals surface area contributed by atoms with Crippen molar-refractivity contribution < 1.29 is 9.59 Å². The summed E-state index contributed by atoms with van der Waals surface area (Å²) in [7, 11) is 0. The summed E-state index contributed by atoms with van der Waals surface area (Å²) < 4.78 is 2.91. The van der Waals surface area contributed by atoms with Gasteiger partial charge in [0.05, 0.1) is 0 Å². The summed E-state index contributed by atoms with van der Waals surface area (Å²) in [6, 6.07) is 9.90. The number of carbonyl (C=O) groups excluding carboxylic acids is 2. The zero-order chi connectivity index (χ0) is 19.7. The molecule has 0 aliphatic carbocycles. The molecular weight excluding hydrogens is 426 g/mol. The zero-order valence-corrected chi connectivity index (χ0v) is 17.4. The minimum atomic E-state index is -0.498. The van der Waals surface area contributed by atoms with Gasteiger partial charge >= 0.3 is 0 Å². The van der Waals surface area contributed by atoms with Crippen LogP contribution in [-0.2, 0) is 9.59 Å². The Bertz CT molecular complexity index is 992. The van der Waals surface area contributed by atoms with Crippen LogP contribution in [0.4, 0.5) is 0 Å². The first-order valence-corrected chi connectivity index (χ1v) is 9.49. The van der Waals surface area contributed by atoms with E-state index >= 15 is 0 Å². The lowest BCUT2D eigenvalue weighted by Crippen LogP contribution is -2.53. The van der Waals surface area contributed by atoms with Crippen LogP contribution >= 0.6 is 28.1 Å². The van der Waals surface area contributed by atoms with Gasteiger partial charge in [-0.1, -0.05) is 24.3 Å². The van der Waals surface area contributed by atoms with E-state index in [0.29, 0.717) is 0 Å². The molecule has 1 fully saturated rings. The van der Waals surface area contributed by atoms with Gasteiger partial charge in [-0.3, -0.25) is 19.8 Å². The van der Waals surface area contributed by atoms with E-state index in [1.807, 2.05) is 44.2 Å². The summed E-state index contributed by atoms with van der Waals surface area (Å²) in [4.78, 5) is 26.5. The second-order valence-electron chi connectivity index (χ2n) is 6.09. The number of benzene rings is 1. The molecule has 2 heterocycles. The number of nitrogens with zero attached hydrogens (tertiary/aromatic N) is 2. The minimum Gasteiger partial charge on any atom is -0.317 e. The van der Waals surface area contributed by atoms with Crippen molar-refractivity contribution in [3.63, 3.8) is 0 Å². The largest absolute Gasteiger partial charge is 0.317 e. The number of hydrogen-bond donors (Lipinski definition) is 1. The molecule has 0 radical (unpaired) electrons. The maximum Gasteiger partial charge on any atom is 0.265 e. The lowest BCUT2D eigenvalue weighted by atomic mass is 10.1. The van der Waals surface area contributed by atoms with Crippen molar-refractivity contribution in [2.75, 3.05) is 6.54 Å². The van der Waals surface area contributed by atoms with Gasteiger partial charge in [0.2, 0.25) is 0 Å². The summed E-state index contributed by atoms with van der Waals surface area (Å²) in [5, 5.41) is 2.66. The van der Waals surface area contributed by atoms with Gasteiger partial charge in [-0.05, 0) is 60.2 Å². The van der Waals surface area contributed by atoms with Gasteiger partial charge in [0, 0.05) is 33.7 Å². The molecule has 0 saturated carbocycles. The predicted octanol–water partition coefficient (Wildman–Crippen LogP) is 3.67. The van der Waals surface area contributed by atoms with Crippen LogP contribution in [0.3, 0.4) is 0 Å². The quantitative estimate of drug-likeness (QED) is 0.339. The Balaban J connectivity index is 2.12. The molecule has 1 aromatic carbocycles. The van der Waals surface area contributed by atoms with Crippen molar-refractivity contribution in [1.82, 2.24) is 14.8 Å². The number of thiocarbonyl (C=S) groups is 1. The number of aromatic nitrogens is 1. The molecule has 2 amide bonds. The molecule has 0 atom stereocenters. The third kappa shape index (κ3) is 3.40. The number of hydrogen-bond acceptors (Lipinski definition) is 3. The van der Waals surface area contributed by atoms with E-state index in [0.717, 1.165) is 27.1 Å². The summed E-state index contributed by atoms with van der Waals surface area (Å²) in [6.45, 7) is 7.80. The summed E-state index contributed by atoms with van der Waals surface area (Å²) >= 11 is 8.70. The third-order valence-electron chi connectivity index (χ3n) is 4.42. The highest BCUT2D eigenvalue weighted by atomic mass is 79.9. The molecule has 1 aliphatic rings. The first kappa shape index (κ1) is 19.3. The fraction of sp³-hybridized carbons (Fsp3) is 0.150. The SMILES string of the molecule is C=CCN1C(=O)/C(=C/c2c(Br)c(C)n(-c3ccccc3)c2C)C(=O)NC1=S. The van der Waals surface area contributed by atoms with Gasteiger partial charge < -0.3 is 4.57 Å². The Hall–Kier alpha value is -2.51. The van der Waals surface area contributed by atoms with Gasteiger partial charge in [0.25, 0.3) is 11.8 Å². The number of nitrogens with one attached hydrogen (secondary N) is 1. The van der Waals surface area contributed by atoms with E-state index in [1.165, 1.54) is 4.90 Å². The maximum atomic E-state index is 12.8. The Morgan fingerprint density at radius 3 is 2.48 bits per heavy atom. The Labute approximate surface area is 171 Å². The van der Waals surface area contributed by atoms with Gasteiger partial charge in [-0.15, -0.1) is 6.58 Å². The molecule has 0 spiro atoms. The van der Waals surface area contributed by atoms with Crippen LogP contribution in [0.15, 0.2) is 53.0 Å². The molecule has 0 bridgehead atoms. The predicted molar refractivity (Wildman–Crippen MR) is 114 cm³/mol. The van der Waals surface area contributed by atoms with Crippen molar-refractivity contribution >= 4 is 51.2 Å². The molecule has 5 nitrogen and oxygen atoms in total. The summed E-state index contributed by atoms with van der Waals surface area (Å²) in [5.74, 6) is -0.929. The van der Waals surface area contributed by atoms with Gasteiger partial charge in [0.1, 0.15) is 5.57 Å². The normalized spacial score (nSPS) is 16.0. The molecule has 3 rings (SSSR count). The molecule has 27 heavy (non-hydrogen) atoms. The lowest BCUT2D eigenvalue weighted by Gasteiger charge is -2.27. The van der Waals surface area contributed by atoms with Crippen molar-refractivity contribution in [1.29, 1.82) is 0 Å². The highest BCUT2D eigenvalue weighted by Crippen LogP contribution is 2.32. The van der Waals surface area contributed by atoms with Crippen molar-refractivity contribution in [3.05, 3.63) is 70.0 Å². The minimum absolute atomic E-state index is 0.0412. The first-order valence-electron chi connectivity index (χ1n) is 8.29. The smallest absolute Gasteiger partial charge is 0.265 e. The Kier molecular flexibility index (Phi) is 5.43. The number of rotatable bonds is 4. The van der Waals surface area contributed by atoms with Crippen LogP contribution < -0.4 is 5.32 Å². The zero-order valence-electron chi connectivity index (χ0n) is 15.0. The van der Waals surface area contributed by atoms with E-state index in [-0.39, 0.29) is 17.2 Å². The van der Waals surface area contributed by atoms with E-state index in [1.54, 1.807) is 12.2 Å². The fourth-order valence-electron chi connectivity index (χ4n) is 3.09. The van der Waals surface area contributed by atoms with E-state index in [2.05, 4.69) is 32.4 Å². The first-order chi connectivity index (χ1) is 12.9. The molecule has 2 aromatic rings. The molecule has 1 saturated heterocycles. The Morgan fingerprint density at radius 2 is 1.85 bits per heavy atom. The number of amides is 2. The van der Waals surface area contributed by atoms with Crippen LogP contribution in [0.2, 0.25) is 0 Å². The molecule has 1 N–H and O–H groups in total. The number of para-hydroxylation sites is 1. The highest BCUT2D eigenvalue weighted by Gasteiger charge is 2.33. The summed E-state index contributed by atoms with van der Waals surface area (Å²) in [5.41, 5.74) is 3.72. The molecular formula is C20H18BrN3O2S. The van der Waals surface area contributed by atoms with Gasteiger partial charge in [-0.25, -0.2) is 0 Å². The number of halogens is 1. The number of carbonyl (C=O) groups is 2. The monoisotopic (exact) mass is 443 g/mol.